The van der Waals surface area contributed by atoms with Crippen LogP contribution in [0.3, 0.4) is 0 Å². The maximum Gasteiger partial charge on any atom is 0.214 e. The molecule has 0 aliphatic rings. The zero-order chi connectivity index (χ0) is 29.9. The van der Waals surface area contributed by atoms with Gasteiger partial charge in [-0.3, -0.25) is 0 Å². The minimum Gasteiger partial charge on any atom is -0.488 e. The maximum absolute atomic E-state index is 15.2. The van der Waals surface area contributed by atoms with Crippen LogP contribution in [-0.4, -0.2) is 40.0 Å². The van der Waals surface area contributed by atoms with Crippen LogP contribution in [-0.2, 0) is 23.2 Å². The Morgan fingerprint density at radius 2 is 1.90 bits per heavy atom. The van der Waals surface area contributed by atoms with Gasteiger partial charge in [-0.2, -0.15) is 4.31 Å². The Labute approximate surface area is 254 Å². The molecule has 0 bridgehead atoms. The number of nitrogens with zero attached hydrogens (tertiary/aromatic N) is 4. The van der Waals surface area contributed by atoms with E-state index in [4.69, 9.17) is 4.74 Å². The van der Waals surface area contributed by atoms with E-state index in [0.29, 0.717) is 55.4 Å². The number of benzene rings is 3. The zero-order valence-corrected chi connectivity index (χ0v) is 25.9. The Morgan fingerprint density at radius 1 is 1.07 bits per heavy atom. The highest BCUT2D eigenvalue weighted by Gasteiger charge is 2.21. The van der Waals surface area contributed by atoms with E-state index in [2.05, 4.69) is 36.2 Å². The molecule has 0 saturated heterocycles. The van der Waals surface area contributed by atoms with Gasteiger partial charge in [-0.15, -0.1) is 11.3 Å². The fourth-order valence-corrected chi connectivity index (χ4v) is 6.70. The maximum atomic E-state index is 15.2. The summed E-state index contributed by atoms with van der Waals surface area (Å²) in [6.07, 6.45) is 1.35. The lowest BCUT2D eigenvalue weighted by Crippen LogP contribution is -2.31. The summed E-state index contributed by atoms with van der Waals surface area (Å²) >= 11 is 4.80. The molecule has 0 spiro atoms. The Morgan fingerprint density at radius 3 is 2.64 bits per heavy atom. The van der Waals surface area contributed by atoms with Crippen molar-refractivity contribution >= 4 is 59.7 Å². The number of fused-ring (bicyclic) bond motifs is 1. The molecule has 13 heteroatoms. The third-order valence-corrected chi connectivity index (χ3v) is 9.81. The summed E-state index contributed by atoms with van der Waals surface area (Å²) in [5.41, 5.74) is 2.46. The summed E-state index contributed by atoms with van der Waals surface area (Å²) in [5, 5.41) is 6.11. The predicted octanol–water partition coefficient (Wildman–Crippen LogP) is 7.29. The van der Waals surface area contributed by atoms with Crippen molar-refractivity contribution in [3.8, 4) is 17.0 Å². The van der Waals surface area contributed by atoms with Crippen molar-refractivity contribution in [1.82, 2.24) is 19.3 Å². The van der Waals surface area contributed by atoms with Crippen molar-refractivity contribution in [3.63, 3.8) is 0 Å². The first kappa shape index (κ1) is 30.0. The van der Waals surface area contributed by atoms with Crippen molar-refractivity contribution in [2.75, 3.05) is 17.6 Å². The van der Waals surface area contributed by atoms with Crippen LogP contribution in [0.15, 0.2) is 70.8 Å². The average Bonchev–Trinajstić information content (AvgIpc) is 3.43. The molecule has 0 unspecified atom stereocenters. The molecule has 1 N–H and O–H groups in total. The van der Waals surface area contributed by atoms with Gasteiger partial charge in [0.15, 0.2) is 0 Å². The number of ether oxygens (including phenoxy) is 1. The van der Waals surface area contributed by atoms with Gasteiger partial charge in [0.2, 0.25) is 10.0 Å². The van der Waals surface area contributed by atoms with E-state index < -0.39 is 15.8 Å². The molecule has 3 aromatic carbocycles. The standard InChI is InChI=1S/C29H26BrF2N5O3S2/c1-3-37(42(38,39)4-2)14-28-36-26(16-41-28)21-12-22-25(13-24(21)32)33-17-34-29(22)35-20-8-9-27(23(30)11-20)40-15-18-6-5-7-19(31)10-18/h5-13,16-17H,3-4,14-15H2,1-2H3,(H,33,34,35). The lowest BCUT2D eigenvalue weighted by Gasteiger charge is -2.17. The number of nitrogens with one attached hydrogen (secondary N) is 1. The van der Waals surface area contributed by atoms with Crippen molar-refractivity contribution in [2.45, 2.75) is 27.0 Å². The quantitative estimate of drug-likeness (QED) is 0.157. The number of aromatic nitrogens is 3. The monoisotopic (exact) mass is 673 g/mol. The molecule has 0 fully saturated rings. The van der Waals surface area contributed by atoms with E-state index in [-0.39, 0.29) is 30.3 Å². The molecule has 2 heterocycles. The van der Waals surface area contributed by atoms with E-state index in [1.807, 2.05) is 6.07 Å². The fourth-order valence-electron chi connectivity index (χ4n) is 4.24. The van der Waals surface area contributed by atoms with Gasteiger partial charge in [-0.05, 0) is 64.8 Å². The summed E-state index contributed by atoms with van der Waals surface area (Å²) in [4.78, 5) is 13.1. The van der Waals surface area contributed by atoms with Crippen molar-refractivity contribution in [3.05, 3.63) is 93.0 Å². The molecule has 0 aliphatic carbocycles. The van der Waals surface area contributed by atoms with Crippen LogP contribution in [0.4, 0.5) is 20.3 Å². The Hall–Kier alpha value is -3.52. The third-order valence-electron chi connectivity index (χ3n) is 6.45. The number of halogens is 3. The summed E-state index contributed by atoms with van der Waals surface area (Å²) in [5.74, 6) is 0.211. The van der Waals surface area contributed by atoms with E-state index >= 15 is 4.39 Å². The summed E-state index contributed by atoms with van der Waals surface area (Å²) < 4.78 is 61.2. The van der Waals surface area contributed by atoms with Gasteiger partial charge in [0.05, 0.1) is 28.0 Å². The van der Waals surface area contributed by atoms with Gasteiger partial charge in [0.1, 0.15) is 41.1 Å². The highest BCUT2D eigenvalue weighted by atomic mass is 79.9. The van der Waals surface area contributed by atoms with Gasteiger partial charge in [-0.1, -0.05) is 19.1 Å². The lowest BCUT2D eigenvalue weighted by atomic mass is 10.1. The highest BCUT2D eigenvalue weighted by Crippen LogP contribution is 2.34. The number of rotatable bonds is 11. The second-order valence-electron chi connectivity index (χ2n) is 9.21. The Balaban J connectivity index is 1.38. The van der Waals surface area contributed by atoms with Crippen molar-refractivity contribution in [2.24, 2.45) is 0 Å². The van der Waals surface area contributed by atoms with Crippen LogP contribution in [0.25, 0.3) is 22.2 Å². The Bertz CT molecular complexity index is 1850. The third kappa shape index (κ3) is 6.75. The van der Waals surface area contributed by atoms with E-state index in [0.717, 1.165) is 0 Å². The topological polar surface area (TPSA) is 97.3 Å². The smallest absolute Gasteiger partial charge is 0.214 e. The van der Waals surface area contributed by atoms with E-state index in [9.17, 15) is 12.8 Å². The lowest BCUT2D eigenvalue weighted by molar-refractivity contribution is 0.303. The van der Waals surface area contributed by atoms with Crippen LogP contribution in [0, 0.1) is 11.6 Å². The Kier molecular flexibility index (Phi) is 9.11. The zero-order valence-electron chi connectivity index (χ0n) is 22.6. The number of hydrogen-bond donors (Lipinski definition) is 1. The molecular weight excluding hydrogens is 648 g/mol. The molecule has 0 atom stereocenters. The first-order chi connectivity index (χ1) is 20.2. The van der Waals surface area contributed by atoms with Gasteiger partial charge < -0.3 is 10.1 Å². The van der Waals surface area contributed by atoms with E-state index in [1.165, 1.54) is 40.2 Å². The van der Waals surface area contributed by atoms with Gasteiger partial charge in [0, 0.05) is 34.6 Å². The minimum absolute atomic E-state index is 0.00458. The van der Waals surface area contributed by atoms with Crippen molar-refractivity contribution in [1.29, 1.82) is 0 Å². The van der Waals surface area contributed by atoms with Crippen LogP contribution >= 0.6 is 27.3 Å². The molecular formula is C29H26BrF2N5O3S2. The van der Waals surface area contributed by atoms with Crippen LogP contribution < -0.4 is 10.1 Å². The van der Waals surface area contributed by atoms with Crippen LogP contribution in [0.1, 0.15) is 24.4 Å². The van der Waals surface area contributed by atoms with Gasteiger partial charge >= 0.3 is 0 Å². The molecule has 0 radical (unpaired) electrons. The molecule has 42 heavy (non-hydrogen) atoms. The molecule has 0 amide bonds. The van der Waals surface area contributed by atoms with Crippen LogP contribution in [0.2, 0.25) is 0 Å². The minimum atomic E-state index is -3.38. The fraction of sp³-hybridized carbons (Fsp3) is 0.207. The summed E-state index contributed by atoms with van der Waals surface area (Å²) in [6.45, 7) is 4.01. The predicted molar refractivity (Wildman–Crippen MR) is 164 cm³/mol. The number of thiazole rings is 1. The summed E-state index contributed by atoms with van der Waals surface area (Å²) in [7, 11) is -3.38. The van der Waals surface area contributed by atoms with Crippen molar-refractivity contribution < 1.29 is 21.9 Å². The number of anilines is 2. The highest BCUT2D eigenvalue weighted by molar-refractivity contribution is 9.10. The molecule has 5 aromatic rings. The second-order valence-corrected chi connectivity index (χ2v) is 13.3. The SMILES string of the molecule is CCN(Cc1nc(-c2cc3c(Nc4ccc(OCc5cccc(F)c5)c(Br)c4)ncnc3cc2F)cs1)S(=O)(=O)CC. The molecule has 0 aliphatic heterocycles. The molecule has 218 valence electrons. The van der Waals surface area contributed by atoms with Crippen LogP contribution in [0.5, 0.6) is 5.75 Å². The number of sulfonamides is 1. The molecule has 2 aromatic heterocycles. The second kappa shape index (κ2) is 12.8. The average molecular weight is 675 g/mol. The number of hydrogen-bond acceptors (Lipinski definition) is 8. The van der Waals surface area contributed by atoms with Gasteiger partial charge in [-0.25, -0.2) is 32.2 Å². The largest absolute Gasteiger partial charge is 0.488 e. The van der Waals surface area contributed by atoms with Gasteiger partial charge in [0.25, 0.3) is 0 Å². The molecule has 8 nitrogen and oxygen atoms in total. The molecule has 0 saturated carbocycles. The van der Waals surface area contributed by atoms with E-state index in [1.54, 1.807) is 49.6 Å². The normalized spacial score (nSPS) is 11.8. The molecule has 5 rings (SSSR count). The first-order valence-corrected chi connectivity index (χ1v) is 16.3. The first-order valence-electron chi connectivity index (χ1n) is 13.0. The summed E-state index contributed by atoms with van der Waals surface area (Å²) in [6, 6.07) is 14.6.